The molecule has 1 saturated carbocycles. The van der Waals surface area contributed by atoms with Crippen LogP contribution >= 0.6 is 0 Å². The van der Waals surface area contributed by atoms with E-state index in [4.69, 9.17) is 9.97 Å². The third-order valence-electron chi connectivity index (χ3n) is 6.25. The standard InChI is InChI=1S/C26H22FN7O2/c27-21-12-16(9-10-28-21)20-4-2-1-3-15(20)5-8-22-31-24-18(11-17-13-23(35)33-25(17)36)14-29-34(24)26(32-22)30-19-6-7-19/h1-4,9-12,14,19H,5-8,13H2,(H,30,31,32)(H,33,35,36)/b17-11+. The van der Waals surface area contributed by atoms with Gasteiger partial charge >= 0.3 is 0 Å². The molecule has 0 atom stereocenters. The topological polar surface area (TPSA) is 114 Å². The molecule has 1 aliphatic carbocycles. The number of amides is 2. The molecule has 2 N–H and O–H groups in total. The number of nitrogens with zero attached hydrogens (tertiary/aromatic N) is 5. The molecule has 9 nitrogen and oxygen atoms in total. The molecule has 2 aliphatic rings. The molecule has 1 aliphatic heterocycles. The number of fused-ring (bicyclic) bond motifs is 1. The van der Waals surface area contributed by atoms with Gasteiger partial charge in [-0.1, -0.05) is 24.3 Å². The molecule has 0 bridgehead atoms. The summed E-state index contributed by atoms with van der Waals surface area (Å²) in [5, 5.41) is 10.1. The van der Waals surface area contributed by atoms with Gasteiger partial charge in [0.05, 0.1) is 12.6 Å². The number of pyridine rings is 1. The van der Waals surface area contributed by atoms with Gasteiger partial charge in [0.1, 0.15) is 5.82 Å². The fourth-order valence-corrected chi connectivity index (χ4v) is 4.30. The van der Waals surface area contributed by atoms with E-state index in [1.54, 1.807) is 22.9 Å². The molecule has 4 aromatic rings. The van der Waals surface area contributed by atoms with Gasteiger partial charge < -0.3 is 5.32 Å². The number of halogens is 1. The average Bonchev–Trinajstić information content (AvgIpc) is 3.51. The molecule has 1 aromatic carbocycles. The second kappa shape index (κ2) is 8.95. The molecule has 0 radical (unpaired) electrons. The van der Waals surface area contributed by atoms with Crippen LogP contribution in [0.15, 0.2) is 54.4 Å². The van der Waals surface area contributed by atoms with Crippen molar-refractivity contribution >= 4 is 29.5 Å². The van der Waals surface area contributed by atoms with E-state index in [0.29, 0.717) is 47.4 Å². The minimum Gasteiger partial charge on any atom is -0.351 e. The Balaban J connectivity index is 1.34. The quantitative estimate of drug-likeness (QED) is 0.236. The Morgan fingerprint density at radius 2 is 2.00 bits per heavy atom. The lowest BCUT2D eigenvalue weighted by Crippen LogP contribution is -2.19. The van der Waals surface area contributed by atoms with Gasteiger partial charge in [0.25, 0.3) is 5.91 Å². The van der Waals surface area contributed by atoms with E-state index in [9.17, 15) is 14.0 Å². The van der Waals surface area contributed by atoms with Crippen molar-refractivity contribution in [3.8, 4) is 11.1 Å². The lowest BCUT2D eigenvalue weighted by molar-refractivity contribution is -0.124. The summed E-state index contributed by atoms with van der Waals surface area (Å²) in [5.41, 5.74) is 4.32. The zero-order valence-corrected chi connectivity index (χ0v) is 19.2. The number of carbonyl (C=O) groups is 2. The fourth-order valence-electron chi connectivity index (χ4n) is 4.30. The molecule has 0 spiro atoms. The summed E-state index contributed by atoms with van der Waals surface area (Å²) < 4.78 is 15.4. The molecule has 36 heavy (non-hydrogen) atoms. The maximum Gasteiger partial charge on any atom is 0.254 e. The molecule has 4 heterocycles. The number of carbonyl (C=O) groups excluding carboxylic acids is 2. The van der Waals surface area contributed by atoms with Crippen LogP contribution in [0, 0.1) is 5.95 Å². The van der Waals surface area contributed by atoms with Crippen molar-refractivity contribution < 1.29 is 14.0 Å². The minimum atomic E-state index is -0.521. The van der Waals surface area contributed by atoms with Crippen molar-refractivity contribution in [1.82, 2.24) is 29.9 Å². The molecular weight excluding hydrogens is 461 g/mol. The molecule has 2 fully saturated rings. The van der Waals surface area contributed by atoms with Crippen molar-refractivity contribution in [3.63, 3.8) is 0 Å². The number of hydrogen-bond donors (Lipinski definition) is 2. The molecule has 1 saturated heterocycles. The van der Waals surface area contributed by atoms with Gasteiger partial charge in [-0.3, -0.25) is 14.9 Å². The first-order valence-electron chi connectivity index (χ1n) is 11.8. The predicted molar refractivity (Wildman–Crippen MR) is 130 cm³/mol. The first-order chi connectivity index (χ1) is 17.5. The minimum absolute atomic E-state index is 0.0354. The van der Waals surface area contributed by atoms with Crippen LogP contribution in [-0.4, -0.2) is 42.4 Å². The highest BCUT2D eigenvalue weighted by Gasteiger charge is 2.26. The summed E-state index contributed by atoms with van der Waals surface area (Å²) >= 11 is 0. The average molecular weight is 484 g/mol. The van der Waals surface area contributed by atoms with Gasteiger partial charge in [0.2, 0.25) is 17.8 Å². The van der Waals surface area contributed by atoms with Gasteiger partial charge in [0, 0.05) is 35.9 Å². The summed E-state index contributed by atoms with van der Waals surface area (Å²) in [6.07, 6.45) is 8.10. The molecule has 2 amide bonds. The second-order valence-corrected chi connectivity index (χ2v) is 8.97. The normalized spacial score (nSPS) is 16.6. The molecular formula is C26H22FN7O2. The van der Waals surface area contributed by atoms with Crippen molar-refractivity contribution in [3.05, 3.63) is 77.3 Å². The molecule has 180 valence electrons. The summed E-state index contributed by atoms with van der Waals surface area (Å²) in [6, 6.07) is 11.4. The Labute approximate surface area is 205 Å². The largest absolute Gasteiger partial charge is 0.351 e. The van der Waals surface area contributed by atoms with E-state index in [0.717, 1.165) is 29.5 Å². The first-order valence-corrected chi connectivity index (χ1v) is 11.8. The highest BCUT2D eigenvalue weighted by Crippen LogP contribution is 2.27. The summed E-state index contributed by atoms with van der Waals surface area (Å²) in [5.74, 6) is -0.0186. The third kappa shape index (κ3) is 4.45. The molecule has 6 rings (SSSR count). The van der Waals surface area contributed by atoms with Crippen LogP contribution in [0.25, 0.3) is 22.9 Å². The fraction of sp³-hybridized carbons (Fsp3) is 0.231. The molecule has 3 aromatic heterocycles. The Hall–Kier alpha value is -4.47. The number of aromatic nitrogens is 5. The Morgan fingerprint density at radius 3 is 2.78 bits per heavy atom. The summed E-state index contributed by atoms with van der Waals surface area (Å²) in [4.78, 5) is 36.8. The maximum absolute atomic E-state index is 13.7. The van der Waals surface area contributed by atoms with Gasteiger partial charge in [0.15, 0.2) is 5.65 Å². The van der Waals surface area contributed by atoms with Crippen LogP contribution in [0.3, 0.4) is 0 Å². The summed E-state index contributed by atoms with van der Waals surface area (Å²) in [6.45, 7) is 0. The van der Waals surface area contributed by atoms with Crippen molar-refractivity contribution in [1.29, 1.82) is 0 Å². The van der Waals surface area contributed by atoms with E-state index in [1.165, 1.54) is 12.3 Å². The lowest BCUT2D eigenvalue weighted by atomic mass is 9.97. The Bertz CT molecular complexity index is 1540. The van der Waals surface area contributed by atoms with Crippen LogP contribution in [0.4, 0.5) is 10.3 Å². The van der Waals surface area contributed by atoms with Crippen molar-refractivity contribution in [2.24, 2.45) is 0 Å². The monoisotopic (exact) mass is 483 g/mol. The maximum atomic E-state index is 13.7. The van der Waals surface area contributed by atoms with Crippen LogP contribution in [0.2, 0.25) is 0 Å². The first kappa shape index (κ1) is 22.0. The van der Waals surface area contributed by atoms with Crippen LogP contribution in [-0.2, 0) is 22.4 Å². The van der Waals surface area contributed by atoms with Crippen LogP contribution < -0.4 is 10.6 Å². The number of benzene rings is 1. The van der Waals surface area contributed by atoms with Gasteiger partial charge in [-0.25, -0.2) is 9.97 Å². The number of aryl methyl sites for hydroxylation is 2. The van der Waals surface area contributed by atoms with Crippen molar-refractivity contribution in [2.45, 2.75) is 38.1 Å². The number of anilines is 1. The highest BCUT2D eigenvalue weighted by atomic mass is 19.1. The third-order valence-corrected chi connectivity index (χ3v) is 6.25. The van der Waals surface area contributed by atoms with E-state index >= 15 is 0 Å². The van der Waals surface area contributed by atoms with Gasteiger partial charge in [-0.2, -0.15) is 19.0 Å². The van der Waals surface area contributed by atoms with E-state index in [2.05, 4.69) is 20.7 Å². The smallest absolute Gasteiger partial charge is 0.254 e. The number of hydrogen-bond acceptors (Lipinski definition) is 7. The molecule has 10 heteroatoms. The van der Waals surface area contributed by atoms with Gasteiger partial charge in [-0.05, 0) is 48.1 Å². The van der Waals surface area contributed by atoms with Crippen LogP contribution in [0.5, 0.6) is 0 Å². The Kier molecular flexibility index (Phi) is 5.48. The van der Waals surface area contributed by atoms with E-state index in [1.807, 2.05) is 24.3 Å². The second-order valence-electron chi connectivity index (χ2n) is 8.97. The number of imide groups is 1. The van der Waals surface area contributed by atoms with E-state index < -0.39 is 11.9 Å². The number of nitrogens with one attached hydrogen (secondary N) is 2. The zero-order chi connectivity index (χ0) is 24.6. The lowest BCUT2D eigenvalue weighted by Gasteiger charge is -2.11. The summed E-state index contributed by atoms with van der Waals surface area (Å²) in [7, 11) is 0. The zero-order valence-electron chi connectivity index (χ0n) is 19.2. The van der Waals surface area contributed by atoms with Gasteiger partial charge in [-0.15, -0.1) is 0 Å². The highest BCUT2D eigenvalue weighted by molar-refractivity contribution is 6.15. The SMILES string of the molecule is O=C1C/C(=C\c2cnn3c(NC4CC4)nc(CCc4ccccc4-c4ccnc(F)c4)nc23)C(=O)N1. The Morgan fingerprint density at radius 1 is 1.14 bits per heavy atom. The predicted octanol–water partition coefficient (Wildman–Crippen LogP) is 3.11. The van der Waals surface area contributed by atoms with Crippen molar-refractivity contribution in [2.75, 3.05) is 5.32 Å². The van der Waals surface area contributed by atoms with Crippen LogP contribution in [0.1, 0.15) is 36.2 Å². The molecule has 0 unspecified atom stereocenters. The van der Waals surface area contributed by atoms with E-state index in [-0.39, 0.29) is 12.3 Å². The number of rotatable bonds is 7.